The molecule has 0 saturated heterocycles. The molecular weight excluding hydrogens is 315 g/mol. The number of halogens is 1. The SMILES string of the molecule is O=C(/C=C/c1ccc(F)cc1)N1CCOc2ccc([N+](=O)[O-])cc21. The van der Waals surface area contributed by atoms with Crippen molar-refractivity contribution in [1.82, 2.24) is 0 Å². The molecule has 2 aromatic rings. The van der Waals surface area contributed by atoms with Gasteiger partial charge in [0, 0.05) is 18.2 Å². The second-order valence-corrected chi connectivity index (χ2v) is 5.13. The zero-order valence-corrected chi connectivity index (χ0v) is 12.5. The standard InChI is InChI=1S/C17H13FN2O4/c18-13-4-1-12(2-5-13)3-8-17(21)19-9-10-24-16-7-6-14(20(22)23)11-15(16)19/h1-8,11H,9-10H2/b8-3+. The Morgan fingerprint density at radius 2 is 2.00 bits per heavy atom. The number of hydrogen-bond donors (Lipinski definition) is 0. The Hall–Kier alpha value is -3.22. The summed E-state index contributed by atoms with van der Waals surface area (Å²) in [6.45, 7) is 0.599. The molecule has 2 aromatic carbocycles. The van der Waals surface area contributed by atoms with Crippen molar-refractivity contribution in [2.24, 2.45) is 0 Å². The fraction of sp³-hybridized carbons (Fsp3) is 0.118. The quantitative estimate of drug-likeness (QED) is 0.493. The second kappa shape index (κ2) is 6.49. The highest BCUT2D eigenvalue weighted by Crippen LogP contribution is 2.35. The molecule has 1 aliphatic heterocycles. The summed E-state index contributed by atoms with van der Waals surface area (Å²) in [6.07, 6.45) is 2.91. The number of hydrogen-bond acceptors (Lipinski definition) is 4. The van der Waals surface area contributed by atoms with E-state index in [1.165, 1.54) is 41.3 Å². The molecule has 0 radical (unpaired) electrons. The third kappa shape index (κ3) is 3.24. The van der Waals surface area contributed by atoms with Gasteiger partial charge in [-0.25, -0.2) is 4.39 Å². The second-order valence-electron chi connectivity index (χ2n) is 5.13. The van der Waals surface area contributed by atoms with Gasteiger partial charge in [-0.05, 0) is 29.8 Å². The number of nitro benzene ring substituents is 1. The molecule has 24 heavy (non-hydrogen) atoms. The Morgan fingerprint density at radius 1 is 1.25 bits per heavy atom. The van der Waals surface area contributed by atoms with Gasteiger partial charge in [-0.3, -0.25) is 14.9 Å². The zero-order valence-electron chi connectivity index (χ0n) is 12.5. The van der Waals surface area contributed by atoms with Crippen LogP contribution in [0.3, 0.4) is 0 Å². The average molecular weight is 328 g/mol. The van der Waals surface area contributed by atoms with Gasteiger partial charge in [0.15, 0.2) is 0 Å². The largest absolute Gasteiger partial charge is 0.490 e. The summed E-state index contributed by atoms with van der Waals surface area (Å²) < 4.78 is 18.3. The highest BCUT2D eigenvalue weighted by atomic mass is 19.1. The molecule has 3 rings (SSSR count). The topological polar surface area (TPSA) is 72.7 Å². The number of nitrogens with zero attached hydrogens (tertiary/aromatic N) is 2. The lowest BCUT2D eigenvalue weighted by Crippen LogP contribution is -2.36. The zero-order chi connectivity index (χ0) is 17.1. The van der Waals surface area contributed by atoms with E-state index in [4.69, 9.17) is 4.74 Å². The van der Waals surface area contributed by atoms with E-state index >= 15 is 0 Å². The Kier molecular flexibility index (Phi) is 4.24. The summed E-state index contributed by atoms with van der Waals surface area (Å²) in [5.41, 5.74) is 0.932. The maximum Gasteiger partial charge on any atom is 0.271 e. The molecular formula is C17H13FN2O4. The molecule has 0 saturated carbocycles. The van der Waals surface area contributed by atoms with E-state index in [9.17, 15) is 19.3 Å². The van der Waals surface area contributed by atoms with Crippen LogP contribution < -0.4 is 9.64 Å². The maximum atomic E-state index is 12.9. The van der Waals surface area contributed by atoms with Gasteiger partial charge < -0.3 is 9.64 Å². The van der Waals surface area contributed by atoms with Crippen molar-refractivity contribution < 1.29 is 18.8 Å². The molecule has 122 valence electrons. The molecule has 1 aliphatic rings. The number of ether oxygens (including phenoxy) is 1. The van der Waals surface area contributed by atoms with Crippen molar-refractivity contribution in [1.29, 1.82) is 0 Å². The normalized spacial score (nSPS) is 13.5. The molecule has 7 heteroatoms. The Morgan fingerprint density at radius 3 is 2.71 bits per heavy atom. The van der Waals surface area contributed by atoms with Crippen LogP contribution in [0.2, 0.25) is 0 Å². The Balaban J connectivity index is 1.85. The molecule has 1 amide bonds. The van der Waals surface area contributed by atoms with E-state index in [1.54, 1.807) is 18.2 Å². The lowest BCUT2D eigenvalue weighted by Gasteiger charge is -2.28. The number of rotatable bonds is 3. The monoisotopic (exact) mass is 328 g/mol. The van der Waals surface area contributed by atoms with Crippen LogP contribution in [0.4, 0.5) is 15.8 Å². The van der Waals surface area contributed by atoms with Crippen molar-refractivity contribution in [2.75, 3.05) is 18.1 Å². The lowest BCUT2D eigenvalue weighted by molar-refractivity contribution is -0.384. The number of fused-ring (bicyclic) bond motifs is 1. The first-order valence-corrected chi connectivity index (χ1v) is 7.21. The van der Waals surface area contributed by atoms with E-state index in [1.807, 2.05) is 0 Å². The van der Waals surface area contributed by atoms with Gasteiger partial charge in [0.1, 0.15) is 18.2 Å². The molecule has 0 bridgehead atoms. The molecule has 0 spiro atoms. The van der Waals surface area contributed by atoms with Gasteiger partial charge in [-0.1, -0.05) is 12.1 Å². The van der Waals surface area contributed by atoms with Crippen molar-refractivity contribution in [3.8, 4) is 5.75 Å². The summed E-state index contributed by atoms with van der Waals surface area (Å²) in [6, 6.07) is 9.85. The van der Waals surface area contributed by atoms with Crippen LogP contribution in [0.5, 0.6) is 5.75 Å². The van der Waals surface area contributed by atoms with Crippen LogP contribution in [-0.4, -0.2) is 24.0 Å². The number of anilines is 1. The molecule has 0 N–H and O–H groups in total. The molecule has 0 aromatic heterocycles. The number of carbonyl (C=O) groups is 1. The first-order valence-electron chi connectivity index (χ1n) is 7.21. The molecule has 1 heterocycles. The van der Waals surface area contributed by atoms with Crippen molar-refractivity contribution >= 4 is 23.4 Å². The van der Waals surface area contributed by atoms with Gasteiger partial charge in [-0.15, -0.1) is 0 Å². The van der Waals surface area contributed by atoms with Crippen LogP contribution in [0, 0.1) is 15.9 Å². The average Bonchev–Trinajstić information content (AvgIpc) is 2.60. The highest BCUT2D eigenvalue weighted by molar-refractivity contribution is 6.05. The highest BCUT2D eigenvalue weighted by Gasteiger charge is 2.24. The summed E-state index contributed by atoms with van der Waals surface area (Å²) in [5, 5.41) is 10.9. The summed E-state index contributed by atoms with van der Waals surface area (Å²) >= 11 is 0. The molecule has 0 atom stereocenters. The predicted molar refractivity (Wildman–Crippen MR) is 86.4 cm³/mol. The Labute approximate surface area is 136 Å². The third-order valence-corrected chi connectivity index (χ3v) is 3.57. The number of carbonyl (C=O) groups excluding carboxylic acids is 1. The smallest absolute Gasteiger partial charge is 0.271 e. The van der Waals surface area contributed by atoms with Gasteiger partial charge in [0.05, 0.1) is 17.2 Å². The fourth-order valence-corrected chi connectivity index (χ4v) is 2.38. The van der Waals surface area contributed by atoms with E-state index in [-0.39, 0.29) is 17.4 Å². The van der Waals surface area contributed by atoms with Crippen molar-refractivity contribution in [3.05, 3.63) is 70.0 Å². The fourth-order valence-electron chi connectivity index (χ4n) is 2.38. The first kappa shape index (κ1) is 15.7. The van der Waals surface area contributed by atoms with Crippen LogP contribution in [0.1, 0.15) is 5.56 Å². The first-order chi connectivity index (χ1) is 11.5. The minimum atomic E-state index is -0.522. The van der Waals surface area contributed by atoms with Gasteiger partial charge in [0.2, 0.25) is 0 Å². The minimum absolute atomic E-state index is 0.112. The van der Waals surface area contributed by atoms with E-state index in [0.717, 1.165) is 0 Å². The predicted octanol–water partition coefficient (Wildman–Crippen LogP) is 3.17. The number of non-ortho nitro benzene ring substituents is 1. The summed E-state index contributed by atoms with van der Waals surface area (Å²) in [5.74, 6) is -0.257. The van der Waals surface area contributed by atoms with Crippen LogP contribution >= 0.6 is 0 Å². The lowest BCUT2D eigenvalue weighted by atomic mass is 10.2. The molecule has 6 nitrogen and oxygen atoms in total. The van der Waals surface area contributed by atoms with E-state index in [0.29, 0.717) is 30.2 Å². The van der Waals surface area contributed by atoms with Crippen LogP contribution in [-0.2, 0) is 4.79 Å². The molecule has 0 unspecified atom stereocenters. The van der Waals surface area contributed by atoms with Crippen LogP contribution in [0.25, 0.3) is 6.08 Å². The van der Waals surface area contributed by atoms with Crippen LogP contribution in [0.15, 0.2) is 48.5 Å². The van der Waals surface area contributed by atoms with E-state index in [2.05, 4.69) is 0 Å². The third-order valence-electron chi connectivity index (χ3n) is 3.57. The summed E-state index contributed by atoms with van der Waals surface area (Å²) in [4.78, 5) is 24.2. The Bertz CT molecular complexity index is 818. The van der Waals surface area contributed by atoms with Crippen molar-refractivity contribution in [2.45, 2.75) is 0 Å². The van der Waals surface area contributed by atoms with E-state index < -0.39 is 4.92 Å². The van der Waals surface area contributed by atoms with Crippen molar-refractivity contribution in [3.63, 3.8) is 0 Å². The summed E-state index contributed by atoms with van der Waals surface area (Å²) in [7, 11) is 0. The molecule has 0 fully saturated rings. The van der Waals surface area contributed by atoms with Gasteiger partial charge >= 0.3 is 0 Å². The number of amides is 1. The minimum Gasteiger partial charge on any atom is -0.490 e. The number of nitro groups is 1. The maximum absolute atomic E-state index is 12.9. The van der Waals surface area contributed by atoms with Gasteiger partial charge in [-0.2, -0.15) is 0 Å². The van der Waals surface area contributed by atoms with Gasteiger partial charge in [0.25, 0.3) is 11.6 Å². The number of benzene rings is 2. The molecule has 0 aliphatic carbocycles.